The highest BCUT2D eigenvalue weighted by atomic mass is 16.3. The first-order chi connectivity index (χ1) is 6.24. The molecule has 0 spiro atoms. The summed E-state index contributed by atoms with van der Waals surface area (Å²) in [4.78, 5) is 11.5. The summed E-state index contributed by atoms with van der Waals surface area (Å²) in [6.07, 6.45) is 3.17. The van der Waals surface area contributed by atoms with Gasteiger partial charge in [-0.3, -0.25) is 4.79 Å². The number of carbonyl (C=O) groups is 1. The van der Waals surface area contributed by atoms with E-state index in [-0.39, 0.29) is 24.6 Å². The summed E-state index contributed by atoms with van der Waals surface area (Å²) < 4.78 is 0. The van der Waals surface area contributed by atoms with Gasteiger partial charge >= 0.3 is 0 Å². The van der Waals surface area contributed by atoms with Gasteiger partial charge in [0.05, 0.1) is 12.6 Å². The van der Waals surface area contributed by atoms with Crippen LogP contribution in [-0.4, -0.2) is 36.2 Å². The van der Waals surface area contributed by atoms with Crippen LogP contribution in [0.2, 0.25) is 0 Å². The zero-order chi connectivity index (χ0) is 9.68. The molecule has 4 nitrogen and oxygen atoms in total. The van der Waals surface area contributed by atoms with Crippen molar-refractivity contribution in [3.05, 3.63) is 0 Å². The molecule has 1 rings (SSSR count). The van der Waals surface area contributed by atoms with E-state index < -0.39 is 0 Å². The number of aliphatic hydroxyl groups is 1. The van der Waals surface area contributed by atoms with Gasteiger partial charge in [0.25, 0.3) is 0 Å². The lowest BCUT2D eigenvalue weighted by atomic mass is 10.0. The average Bonchev–Trinajstić information content (AvgIpc) is 2.19. The summed E-state index contributed by atoms with van der Waals surface area (Å²) in [7, 11) is 0. The topological polar surface area (TPSA) is 61.4 Å². The predicted octanol–water partition coefficient (Wildman–Crippen LogP) is -0.374. The molecule has 1 heterocycles. The molecular formula is C9H18N2O2. The highest BCUT2D eigenvalue weighted by Gasteiger charge is 2.20. The maximum Gasteiger partial charge on any atom is 0.237 e. The van der Waals surface area contributed by atoms with Crippen molar-refractivity contribution in [1.82, 2.24) is 10.6 Å². The first-order valence-electron chi connectivity index (χ1n) is 4.88. The first kappa shape index (κ1) is 10.5. The van der Waals surface area contributed by atoms with Crippen molar-refractivity contribution in [1.29, 1.82) is 0 Å². The van der Waals surface area contributed by atoms with Gasteiger partial charge in [-0.1, -0.05) is 6.42 Å². The minimum atomic E-state index is -0.142. The van der Waals surface area contributed by atoms with Crippen molar-refractivity contribution in [2.75, 3.05) is 13.2 Å². The monoisotopic (exact) mass is 186 g/mol. The molecule has 0 radical (unpaired) electrons. The zero-order valence-corrected chi connectivity index (χ0v) is 8.05. The van der Waals surface area contributed by atoms with E-state index in [2.05, 4.69) is 10.6 Å². The molecule has 1 amide bonds. The molecule has 13 heavy (non-hydrogen) atoms. The van der Waals surface area contributed by atoms with Gasteiger partial charge in [-0.15, -0.1) is 0 Å². The standard InChI is InChI=1S/C9H18N2O2/c1-7(6-12)11-9(13)8-4-2-3-5-10-8/h7-8,10,12H,2-6H2,1H3,(H,11,13). The van der Waals surface area contributed by atoms with Crippen molar-refractivity contribution in [2.45, 2.75) is 38.3 Å². The molecule has 0 aromatic rings. The SMILES string of the molecule is CC(CO)NC(=O)C1CCCCN1. The van der Waals surface area contributed by atoms with Crippen LogP contribution in [-0.2, 0) is 4.79 Å². The summed E-state index contributed by atoms with van der Waals surface area (Å²) >= 11 is 0. The fraction of sp³-hybridized carbons (Fsp3) is 0.889. The van der Waals surface area contributed by atoms with Gasteiger partial charge < -0.3 is 15.7 Å². The lowest BCUT2D eigenvalue weighted by molar-refractivity contribution is -0.124. The predicted molar refractivity (Wildman–Crippen MR) is 50.3 cm³/mol. The number of nitrogens with one attached hydrogen (secondary N) is 2. The van der Waals surface area contributed by atoms with Gasteiger partial charge in [0.1, 0.15) is 0 Å². The molecule has 0 aliphatic carbocycles. The Balaban J connectivity index is 2.29. The number of rotatable bonds is 3. The Labute approximate surface area is 78.7 Å². The Morgan fingerprint density at radius 1 is 1.69 bits per heavy atom. The van der Waals surface area contributed by atoms with Crippen LogP contribution >= 0.6 is 0 Å². The number of piperidine rings is 1. The van der Waals surface area contributed by atoms with Gasteiger partial charge in [0.2, 0.25) is 5.91 Å². The van der Waals surface area contributed by atoms with E-state index in [1.54, 1.807) is 6.92 Å². The summed E-state index contributed by atoms with van der Waals surface area (Å²) in [6.45, 7) is 2.71. The van der Waals surface area contributed by atoms with E-state index in [4.69, 9.17) is 5.11 Å². The molecule has 1 saturated heterocycles. The first-order valence-corrected chi connectivity index (χ1v) is 4.88. The third kappa shape index (κ3) is 3.32. The van der Waals surface area contributed by atoms with Crippen LogP contribution in [0.1, 0.15) is 26.2 Å². The second kappa shape index (κ2) is 5.19. The van der Waals surface area contributed by atoms with Crippen LogP contribution in [0, 0.1) is 0 Å². The van der Waals surface area contributed by atoms with Crippen LogP contribution in [0.5, 0.6) is 0 Å². The van der Waals surface area contributed by atoms with Crippen molar-refractivity contribution in [3.8, 4) is 0 Å². The largest absolute Gasteiger partial charge is 0.394 e. The molecule has 4 heteroatoms. The molecule has 3 N–H and O–H groups in total. The van der Waals surface area contributed by atoms with Crippen molar-refractivity contribution < 1.29 is 9.90 Å². The van der Waals surface area contributed by atoms with E-state index in [1.165, 1.54) is 0 Å². The number of hydrogen-bond donors (Lipinski definition) is 3. The van der Waals surface area contributed by atoms with Gasteiger partial charge in [0, 0.05) is 6.04 Å². The number of aliphatic hydroxyl groups excluding tert-OH is 1. The van der Waals surface area contributed by atoms with Crippen LogP contribution in [0.25, 0.3) is 0 Å². The van der Waals surface area contributed by atoms with Gasteiger partial charge in [-0.2, -0.15) is 0 Å². The van der Waals surface area contributed by atoms with Gasteiger partial charge in [-0.05, 0) is 26.3 Å². The third-order valence-corrected chi connectivity index (χ3v) is 2.29. The molecule has 0 aromatic carbocycles. The highest BCUT2D eigenvalue weighted by Crippen LogP contribution is 2.06. The molecule has 0 bridgehead atoms. The van der Waals surface area contributed by atoms with E-state index in [0.717, 1.165) is 25.8 Å². The van der Waals surface area contributed by atoms with E-state index in [0.29, 0.717) is 0 Å². The van der Waals surface area contributed by atoms with Crippen molar-refractivity contribution in [3.63, 3.8) is 0 Å². The van der Waals surface area contributed by atoms with Gasteiger partial charge in [-0.25, -0.2) is 0 Å². The zero-order valence-electron chi connectivity index (χ0n) is 8.05. The summed E-state index contributed by atoms with van der Waals surface area (Å²) in [6, 6.07) is -0.195. The molecule has 2 unspecified atom stereocenters. The fourth-order valence-corrected chi connectivity index (χ4v) is 1.46. The van der Waals surface area contributed by atoms with E-state index in [9.17, 15) is 4.79 Å². The second-order valence-corrected chi connectivity index (χ2v) is 3.59. The Kier molecular flexibility index (Phi) is 4.18. The minimum Gasteiger partial charge on any atom is -0.394 e. The smallest absolute Gasteiger partial charge is 0.237 e. The molecule has 0 aromatic heterocycles. The van der Waals surface area contributed by atoms with E-state index in [1.807, 2.05) is 0 Å². The van der Waals surface area contributed by atoms with Crippen molar-refractivity contribution in [2.24, 2.45) is 0 Å². The number of hydrogen-bond acceptors (Lipinski definition) is 3. The minimum absolute atomic E-state index is 0.00153. The average molecular weight is 186 g/mol. The third-order valence-electron chi connectivity index (χ3n) is 2.29. The Morgan fingerprint density at radius 2 is 2.46 bits per heavy atom. The maximum atomic E-state index is 11.5. The molecule has 1 fully saturated rings. The van der Waals surface area contributed by atoms with Crippen LogP contribution < -0.4 is 10.6 Å². The summed E-state index contributed by atoms with van der Waals surface area (Å²) in [5, 5.41) is 14.6. The van der Waals surface area contributed by atoms with Crippen molar-refractivity contribution >= 4 is 5.91 Å². The molecule has 1 aliphatic heterocycles. The number of carbonyl (C=O) groups excluding carboxylic acids is 1. The maximum absolute atomic E-state index is 11.5. The lowest BCUT2D eigenvalue weighted by Crippen LogP contribution is -2.49. The molecule has 0 saturated carbocycles. The van der Waals surface area contributed by atoms with Gasteiger partial charge in [0.15, 0.2) is 0 Å². The molecule has 76 valence electrons. The Morgan fingerprint density at radius 3 is 3.00 bits per heavy atom. The summed E-state index contributed by atoms with van der Waals surface area (Å²) in [5.74, 6) is 0.0150. The van der Waals surface area contributed by atoms with Crippen LogP contribution in [0.3, 0.4) is 0 Å². The lowest BCUT2D eigenvalue weighted by Gasteiger charge is -2.23. The Bertz CT molecular complexity index is 167. The van der Waals surface area contributed by atoms with Crippen LogP contribution in [0.15, 0.2) is 0 Å². The molecule has 1 aliphatic rings. The normalized spacial score (nSPS) is 25.2. The van der Waals surface area contributed by atoms with E-state index >= 15 is 0 Å². The molecular weight excluding hydrogens is 168 g/mol. The number of amides is 1. The summed E-state index contributed by atoms with van der Waals surface area (Å²) in [5.41, 5.74) is 0. The Hall–Kier alpha value is -0.610. The molecule has 2 atom stereocenters. The van der Waals surface area contributed by atoms with Crippen LogP contribution in [0.4, 0.5) is 0 Å². The highest BCUT2D eigenvalue weighted by molar-refractivity contribution is 5.82. The quantitative estimate of drug-likeness (QED) is 0.563. The second-order valence-electron chi connectivity index (χ2n) is 3.59. The fourth-order valence-electron chi connectivity index (χ4n) is 1.46.